The highest BCUT2D eigenvalue weighted by molar-refractivity contribution is 7.80. The molecule has 0 aromatic carbocycles. The van der Waals surface area contributed by atoms with Crippen LogP contribution < -0.4 is 10.6 Å². The predicted molar refractivity (Wildman–Crippen MR) is 75.7 cm³/mol. The van der Waals surface area contributed by atoms with Gasteiger partial charge in [0.05, 0.1) is 0 Å². The molecule has 9 nitrogen and oxygen atoms in total. The first-order chi connectivity index (χ1) is 9.60. The highest BCUT2D eigenvalue weighted by Crippen LogP contribution is 2.13. The number of thiocarbonyl (C=S) groups is 1. The van der Waals surface area contributed by atoms with E-state index in [1.165, 1.54) is 23.4 Å². The van der Waals surface area contributed by atoms with Crippen LogP contribution in [-0.4, -0.2) is 36.1 Å². The lowest BCUT2D eigenvalue weighted by Crippen LogP contribution is -2.28. The summed E-state index contributed by atoms with van der Waals surface area (Å²) in [6, 6.07) is 1.61. The van der Waals surface area contributed by atoms with Crippen LogP contribution in [0.1, 0.15) is 6.92 Å². The summed E-state index contributed by atoms with van der Waals surface area (Å²) in [4.78, 5) is 21.7. The van der Waals surface area contributed by atoms with E-state index in [0.717, 1.165) is 0 Å². The smallest absolute Gasteiger partial charge is 0.363 e. The second kappa shape index (κ2) is 6.02. The lowest BCUT2D eigenvalue weighted by molar-refractivity contribution is -0.389. The first-order valence-corrected chi connectivity index (χ1v) is 6.06. The molecule has 0 saturated heterocycles. The first kappa shape index (κ1) is 13.8. The fraction of sp³-hybridized carbons (Fsp3) is 0.200. The van der Waals surface area contributed by atoms with Gasteiger partial charge in [-0.3, -0.25) is 4.57 Å². The summed E-state index contributed by atoms with van der Waals surface area (Å²) in [5, 5.41) is 16.8. The van der Waals surface area contributed by atoms with Gasteiger partial charge in [-0.05, 0) is 29.0 Å². The number of nitrogens with one attached hydrogen (secondary N) is 2. The molecule has 0 unspecified atom stereocenters. The van der Waals surface area contributed by atoms with E-state index in [1.807, 2.05) is 6.92 Å². The van der Waals surface area contributed by atoms with Gasteiger partial charge in [-0.25, -0.2) is 9.97 Å². The molecule has 104 valence electrons. The van der Waals surface area contributed by atoms with Crippen LogP contribution in [0, 0.1) is 10.1 Å². The van der Waals surface area contributed by atoms with Crippen molar-refractivity contribution in [1.29, 1.82) is 0 Å². The minimum absolute atomic E-state index is 0.249. The van der Waals surface area contributed by atoms with Gasteiger partial charge in [0.25, 0.3) is 0 Å². The fourth-order valence-corrected chi connectivity index (χ4v) is 1.66. The molecule has 0 bridgehead atoms. The third kappa shape index (κ3) is 3.23. The minimum atomic E-state index is -0.572. The summed E-state index contributed by atoms with van der Waals surface area (Å²) in [6.07, 6.45) is 3.92. The molecule has 0 aliphatic rings. The largest absolute Gasteiger partial charge is 0.381 e. The Morgan fingerprint density at radius 1 is 1.50 bits per heavy atom. The van der Waals surface area contributed by atoms with Crippen molar-refractivity contribution in [3.05, 3.63) is 35.0 Å². The number of hydrogen-bond donors (Lipinski definition) is 2. The molecule has 0 aliphatic carbocycles. The summed E-state index contributed by atoms with van der Waals surface area (Å²) in [7, 11) is 0. The third-order valence-corrected chi connectivity index (χ3v) is 2.50. The van der Waals surface area contributed by atoms with Gasteiger partial charge in [0.2, 0.25) is 6.33 Å². The fourth-order valence-electron chi connectivity index (χ4n) is 1.41. The summed E-state index contributed by atoms with van der Waals surface area (Å²) in [5.74, 6) is 0.681. The third-order valence-electron chi connectivity index (χ3n) is 2.25. The maximum atomic E-state index is 10.6. The van der Waals surface area contributed by atoms with Crippen molar-refractivity contribution in [3.63, 3.8) is 0 Å². The molecule has 20 heavy (non-hydrogen) atoms. The van der Waals surface area contributed by atoms with Gasteiger partial charge in [-0.2, -0.15) is 0 Å². The number of aromatic nitrogens is 4. The van der Waals surface area contributed by atoms with E-state index in [9.17, 15) is 10.1 Å². The normalized spacial score (nSPS) is 10.1. The Balaban J connectivity index is 2.20. The molecule has 0 radical (unpaired) electrons. The van der Waals surface area contributed by atoms with Crippen LogP contribution in [0.5, 0.6) is 0 Å². The van der Waals surface area contributed by atoms with Gasteiger partial charge in [0.1, 0.15) is 24.2 Å². The quantitative estimate of drug-likeness (QED) is 0.485. The van der Waals surface area contributed by atoms with Gasteiger partial charge >= 0.3 is 5.82 Å². The Morgan fingerprint density at radius 2 is 2.30 bits per heavy atom. The summed E-state index contributed by atoms with van der Waals surface area (Å²) >= 11 is 5.04. The molecule has 2 heterocycles. The molecular formula is C10H11N7O2S. The van der Waals surface area contributed by atoms with Crippen molar-refractivity contribution in [2.75, 3.05) is 11.9 Å². The van der Waals surface area contributed by atoms with E-state index in [1.54, 1.807) is 6.07 Å². The Morgan fingerprint density at radius 3 is 2.95 bits per heavy atom. The standard InChI is InChI=1S/C10H11N7O2S/c1-2-11-10(20)15-7-3-8(13-5-12-7)16-4-9(14-6-16)17(18)19/h3-6H,2H2,1H3,(H2,11,12,13,15,20). The van der Waals surface area contributed by atoms with Gasteiger partial charge in [0.15, 0.2) is 5.11 Å². The molecule has 2 aromatic heterocycles. The average molecular weight is 293 g/mol. The van der Waals surface area contributed by atoms with Crippen LogP contribution in [0.2, 0.25) is 0 Å². The lowest BCUT2D eigenvalue weighted by Gasteiger charge is -2.08. The van der Waals surface area contributed by atoms with Crippen molar-refractivity contribution in [2.24, 2.45) is 0 Å². The average Bonchev–Trinajstić information content (AvgIpc) is 2.89. The number of hydrogen-bond acceptors (Lipinski definition) is 6. The Kier molecular flexibility index (Phi) is 4.15. The predicted octanol–water partition coefficient (Wildman–Crippen LogP) is 0.877. The first-order valence-electron chi connectivity index (χ1n) is 5.65. The molecule has 0 saturated carbocycles. The van der Waals surface area contributed by atoms with Crippen LogP contribution in [0.25, 0.3) is 5.82 Å². The van der Waals surface area contributed by atoms with Crippen LogP contribution in [0.3, 0.4) is 0 Å². The summed E-state index contributed by atoms with van der Waals surface area (Å²) in [6.45, 7) is 2.61. The molecule has 0 atom stereocenters. The van der Waals surface area contributed by atoms with E-state index >= 15 is 0 Å². The van der Waals surface area contributed by atoms with Crippen LogP contribution in [-0.2, 0) is 0 Å². The lowest BCUT2D eigenvalue weighted by atomic mass is 10.5. The molecule has 0 fully saturated rings. The number of rotatable bonds is 4. The van der Waals surface area contributed by atoms with Crippen LogP contribution in [0.4, 0.5) is 11.6 Å². The van der Waals surface area contributed by atoms with Gasteiger partial charge in [-0.1, -0.05) is 0 Å². The van der Waals surface area contributed by atoms with E-state index in [-0.39, 0.29) is 5.82 Å². The summed E-state index contributed by atoms with van der Waals surface area (Å²) in [5.41, 5.74) is 0. The summed E-state index contributed by atoms with van der Waals surface area (Å²) < 4.78 is 1.43. The zero-order chi connectivity index (χ0) is 14.5. The highest BCUT2D eigenvalue weighted by atomic mass is 32.1. The molecule has 10 heteroatoms. The molecule has 0 aliphatic heterocycles. The van der Waals surface area contributed by atoms with Gasteiger partial charge in [-0.15, -0.1) is 0 Å². The van der Waals surface area contributed by atoms with Crippen molar-refractivity contribution in [2.45, 2.75) is 6.92 Å². The zero-order valence-electron chi connectivity index (χ0n) is 10.5. The van der Waals surface area contributed by atoms with Crippen molar-refractivity contribution in [3.8, 4) is 5.82 Å². The van der Waals surface area contributed by atoms with Gasteiger partial charge in [0, 0.05) is 12.6 Å². The monoisotopic (exact) mass is 293 g/mol. The van der Waals surface area contributed by atoms with Crippen molar-refractivity contribution in [1.82, 2.24) is 24.8 Å². The molecular weight excluding hydrogens is 282 g/mol. The molecule has 0 amide bonds. The number of anilines is 1. The molecule has 0 spiro atoms. The highest BCUT2D eigenvalue weighted by Gasteiger charge is 2.12. The number of nitro groups is 1. The van der Waals surface area contributed by atoms with Crippen LogP contribution in [0.15, 0.2) is 24.9 Å². The topological polar surface area (TPSA) is 111 Å². The maximum absolute atomic E-state index is 10.6. The molecule has 2 N–H and O–H groups in total. The second-order valence-electron chi connectivity index (χ2n) is 3.64. The Bertz CT molecular complexity index is 642. The van der Waals surface area contributed by atoms with Crippen molar-refractivity contribution >= 4 is 29.0 Å². The second-order valence-corrected chi connectivity index (χ2v) is 4.05. The van der Waals surface area contributed by atoms with Crippen LogP contribution >= 0.6 is 12.2 Å². The van der Waals surface area contributed by atoms with Gasteiger partial charge < -0.3 is 20.7 Å². The van der Waals surface area contributed by atoms with E-state index in [0.29, 0.717) is 23.3 Å². The number of nitrogens with zero attached hydrogens (tertiary/aromatic N) is 5. The Hall–Kier alpha value is -2.62. The van der Waals surface area contributed by atoms with Crippen molar-refractivity contribution < 1.29 is 4.92 Å². The zero-order valence-corrected chi connectivity index (χ0v) is 11.3. The van der Waals surface area contributed by atoms with E-state index < -0.39 is 4.92 Å². The molecule has 2 rings (SSSR count). The number of imidazole rings is 1. The maximum Gasteiger partial charge on any atom is 0.381 e. The minimum Gasteiger partial charge on any atom is -0.363 e. The molecule has 2 aromatic rings. The van der Waals surface area contributed by atoms with E-state index in [4.69, 9.17) is 12.2 Å². The van der Waals surface area contributed by atoms with E-state index in [2.05, 4.69) is 25.6 Å². The Labute approximate surface area is 119 Å². The SMILES string of the molecule is CCNC(=S)Nc1cc(-n2cnc([N+](=O)[O-])c2)ncn1.